The van der Waals surface area contributed by atoms with Gasteiger partial charge in [-0.3, -0.25) is 10.2 Å². The summed E-state index contributed by atoms with van der Waals surface area (Å²) in [6, 6.07) is 8.01. The maximum Gasteiger partial charge on any atom is 0.238 e. The van der Waals surface area contributed by atoms with Gasteiger partial charge in [0.1, 0.15) is 0 Å². The first-order valence-electron chi connectivity index (χ1n) is 8.45. The lowest BCUT2D eigenvalue weighted by molar-refractivity contribution is -0.120. The van der Waals surface area contributed by atoms with Crippen molar-refractivity contribution in [2.24, 2.45) is 5.84 Å². The van der Waals surface area contributed by atoms with Gasteiger partial charge in [-0.25, -0.2) is 15.8 Å². The van der Waals surface area contributed by atoms with E-state index in [0.29, 0.717) is 6.42 Å². The Morgan fingerprint density at radius 2 is 1.56 bits per heavy atom. The van der Waals surface area contributed by atoms with Crippen LogP contribution < -0.4 is 16.2 Å². The lowest BCUT2D eigenvalue weighted by Gasteiger charge is -2.26. The topological polar surface area (TPSA) is 93.4 Å². The van der Waals surface area contributed by atoms with Crippen molar-refractivity contribution in [1.82, 2.24) is 15.4 Å². The van der Waals surface area contributed by atoms with E-state index in [9.17, 15) is 4.79 Å². The van der Waals surface area contributed by atoms with Crippen LogP contribution in [0.1, 0.15) is 16.7 Å². The first-order chi connectivity index (χ1) is 12.2. The number of hydrogen-bond donors (Lipinski definition) is 2. The second-order valence-corrected chi connectivity index (χ2v) is 6.05. The van der Waals surface area contributed by atoms with Crippen molar-refractivity contribution >= 4 is 36.7 Å². The highest BCUT2D eigenvalue weighted by molar-refractivity contribution is 5.85. The van der Waals surface area contributed by atoms with E-state index in [2.05, 4.69) is 20.3 Å². The minimum Gasteiger partial charge on any atom is -0.378 e. The molecule has 9 heteroatoms. The summed E-state index contributed by atoms with van der Waals surface area (Å²) in [5, 5.41) is 0. The monoisotopic (exact) mass is 413 g/mol. The molecule has 1 saturated heterocycles. The Balaban J connectivity index is 0.00000182. The maximum atomic E-state index is 11.3. The molecule has 1 aliphatic heterocycles. The molecule has 3 N–H and O–H groups in total. The number of nitrogens with one attached hydrogen (secondary N) is 1. The predicted octanol–water partition coefficient (Wildman–Crippen LogP) is 1.47. The minimum absolute atomic E-state index is 0. The number of rotatable bonds is 6. The summed E-state index contributed by atoms with van der Waals surface area (Å²) >= 11 is 0. The number of aryl methyl sites for hydroxylation is 2. The number of morpholine rings is 1. The molecular formula is C18H25Cl2N5O2. The van der Waals surface area contributed by atoms with Gasteiger partial charge < -0.3 is 9.64 Å². The Kier molecular flexibility index (Phi) is 10.0. The zero-order chi connectivity index (χ0) is 17.5. The van der Waals surface area contributed by atoms with Crippen molar-refractivity contribution in [2.45, 2.75) is 19.3 Å². The van der Waals surface area contributed by atoms with Crippen LogP contribution in [-0.2, 0) is 28.8 Å². The second-order valence-electron chi connectivity index (χ2n) is 6.05. The summed E-state index contributed by atoms with van der Waals surface area (Å²) in [7, 11) is 0. The maximum absolute atomic E-state index is 11.3. The molecule has 0 atom stereocenters. The van der Waals surface area contributed by atoms with Crippen molar-refractivity contribution in [3.63, 3.8) is 0 Å². The third kappa shape index (κ3) is 6.95. The van der Waals surface area contributed by atoms with Gasteiger partial charge in [0.15, 0.2) is 0 Å². The van der Waals surface area contributed by atoms with E-state index in [4.69, 9.17) is 10.6 Å². The van der Waals surface area contributed by atoms with Crippen LogP contribution in [-0.4, -0.2) is 42.2 Å². The van der Waals surface area contributed by atoms with Gasteiger partial charge >= 0.3 is 0 Å². The normalized spacial score (nSPS) is 13.3. The lowest BCUT2D eigenvalue weighted by atomic mass is 10.0. The van der Waals surface area contributed by atoms with E-state index in [0.717, 1.165) is 56.2 Å². The molecule has 3 rings (SSSR count). The highest BCUT2D eigenvalue weighted by Gasteiger charge is 2.13. The van der Waals surface area contributed by atoms with E-state index in [-0.39, 0.29) is 30.7 Å². The number of hydrogen-bond acceptors (Lipinski definition) is 6. The molecule has 27 heavy (non-hydrogen) atoms. The molecule has 1 fully saturated rings. The van der Waals surface area contributed by atoms with Crippen molar-refractivity contribution < 1.29 is 9.53 Å². The number of hydrazine groups is 1. The SMILES string of the molecule is Cl.Cl.NNC(=O)Cc1ccc(CCc2cnc(N3CCOCC3)nc2)cc1. The molecule has 0 aliphatic carbocycles. The smallest absolute Gasteiger partial charge is 0.238 e. The quantitative estimate of drug-likeness (QED) is 0.423. The first kappa shape index (κ1) is 23.1. The number of nitrogens with two attached hydrogens (primary N) is 1. The lowest BCUT2D eigenvalue weighted by Crippen LogP contribution is -2.37. The zero-order valence-corrected chi connectivity index (χ0v) is 16.6. The molecule has 1 aromatic carbocycles. The molecule has 0 unspecified atom stereocenters. The van der Waals surface area contributed by atoms with Crippen LogP contribution in [0.3, 0.4) is 0 Å². The number of carbonyl (C=O) groups excluding carboxylic acids is 1. The Labute approximate surface area is 171 Å². The van der Waals surface area contributed by atoms with Crippen LogP contribution in [0, 0.1) is 0 Å². The standard InChI is InChI=1S/C18H23N5O2.2ClH/c19-22-17(24)11-15-4-1-14(2-5-15)3-6-16-12-20-18(21-13-16)23-7-9-25-10-8-23;;/h1-2,4-5,12-13H,3,6-11,19H2,(H,22,24);2*1H. The molecule has 1 aromatic heterocycles. The Morgan fingerprint density at radius 3 is 2.15 bits per heavy atom. The number of aromatic nitrogens is 2. The number of carbonyl (C=O) groups is 1. The highest BCUT2D eigenvalue weighted by atomic mass is 35.5. The molecule has 0 bridgehead atoms. The summed E-state index contributed by atoms with van der Waals surface area (Å²) in [4.78, 5) is 22.3. The van der Waals surface area contributed by atoms with Crippen LogP contribution in [0.25, 0.3) is 0 Å². The molecule has 2 aromatic rings. The fourth-order valence-corrected chi connectivity index (χ4v) is 2.75. The number of benzene rings is 1. The molecule has 1 amide bonds. The molecule has 2 heterocycles. The number of amides is 1. The summed E-state index contributed by atoms with van der Waals surface area (Å²) in [5.74, 6) is 5.68. The van der Waals surface area contributed by atoms with Crippen LogP contribution in [0.15, 0.2) is 36.7 Å². The Bertz CT molecular complexity index is 692. The molecule has 0 spiro atoms. The van der Waals surface area contributed by atoms with Gasteiger partial charge in [-0.2, -0.15) is 0 Å². The van der Waals surface area contributed by atoms with Crippen molar-refractivity contribution in [3.05, 3.63) is 53.3 Å². The van der Waals surface area contributed by atoms with Crippen LogP contribution >= 0.6 is 24.8 Å². The summed E-state index contributed by atoms with van der Waals surface area (Å²) in [6.45, 7) is 3.14. The van der Waals surface area contributed by atoms with Gasteiger partial charge in [0.2, 0.25) is 11.9 Å². The van der Waals surface area contributed by atoms with E-state index in [1.807, 2.05) is 36.7 Å². The zero-order valence-electron chi connectivity index (χ0n) is 15.0. The van der Waals surface area contributed by atoms with Crippen LogP contribution in [0.5, 0.6) is 0 Å². The molecule has 1 aliphatic rings. The van der Waals surface area contributed by atoms with Gasteiger partial charge in [0, 0.05) is 25.5 Å². The minimum atomic E-state index is -0.190. The summed E-state index contributed by atoms with van der Waals surface area (Å²) in [5.41, 5.74) is 5.42. The van der Waals surface area contributed by atoms with Crippen LogP contribution in [0.2, 0.25) is 0 Å². The Hall–Kier alpha value is -1.93. The predicted molar refractivity (Wildman–Crippen MR) is 109 cm³/mol. The molecule has 148 valence electrons. The van der Waals surface area contributed by atoms with Crippen LogP contribution in [0.4, 0.5) is 5.95 Å². The Morgan fingerprint density at radius 1 is 1.00 bits per heavy atom. The number of anilines is 1. The van der Waals surface area contributed by atoms with Gasteiger partial charge in [-0.15, -0.1) is 24.8 Å². The first-order valence-corrected chi connectivity index (χ1v) is 8.45. The highest BCUT2D eigenvalue weighted by Crippen LogP contribution is 2.12. The number of ether oxygens (including phenoxy) is 1. The third-order valence-corrected chi connectivity index (χ3v) is 4.24. The van der Waals surface area contributed by atoms with Crippen molar-refractivity contribution in [3.8, 4) is 0 Å². The molecule has 7 nitrogen and oxygen atoms in total. The van der Waals surface area contributed by atoms with Crippen molar-refractivity contribution in [2.75, 3.05) is 31.2 Å². The summed E-state index contributed by atoms with van der Waals surface area (Å²) < 4.78 is 5.34. The van der Waals surface area contributed by atoms with E-state index >= 15 is 0 Å². The van der Waals surface area contributed by atoms with Gasteiger partial charge in [-0.1, -0.05) is 24.3 Å². The average Bonchev–Trinajstić information content (AvgIpc) is 2.68. The fourth-order valence-electron chi connectivity index (χ4n) is 2.75. The number of halogens is 2. The van der Waals surface area contributed by atoms with Crippen molar-refractivity contribution in [1.29, 1.82) is 0 Å². The van der Waals surface area contributed by atoms with E-state index < -0.39 is 0 Å². The second kappa shape index (κ2) is 11.7. The van der Waals surface area contributed by atoms with Gasteiger partial charge in [0.05, 0.1) is 19.6 Å². The summed E-state index contributed by atoms with van der Waals surface area (Å²) in [6.07, 6.45) is 5.89. The molecule has 0 radical (unpaired) electrons. The molecule has 0 saturated carbocycles. The number of nitrogens with zero attached hydrogens (tertiary/aromatic N) is 3. The van der Waals surface area contributed by atoms with E-state index in [1.54, 1.807) is 0 Å². The van der Waals surface area contributed by atoms with Gasteiger partial charge in [0.25, 0.3) is 0 Å². The molecular weight excluding hydrogens is 389 g/mol. The third-order valence-electron chi connectivity index (χ3n) is 4.24. The largest absolute Gasteiger partial charge is 0.378 e. The van der Waals surface area contributed by atoms with E-state index in [1.165, 1.54) is 5.56 Å². The average molecular weight is 414 g/mol. The van der Waals surface area contributed by atoms with Gasteiger partial charge in [-0.05, 0) is 29.5 Å². The fraction of sp³-hybridized carbons (Fsp3) is 0.389.